The lowest BCUT2D eigenvalue weighted by Crippen LogP contribution is -2.45. The molecule has 2 nitrogen and oxygen atoms in total. The van der Waals surface area contributed by atoms with Gasteiger partial charge in [0.15, 0.2) is 0 Å². The summed E-state index contributed by atoms with van der Waals surface area (Å²) in [6, 6.07) is 10.8. The second-order valence-electron chi connectivity index (χ2n) is 4.98. The van der Waals surface area contributed by atoms with Crippen LogP contribution in [0.15, 0.2) is 48.1 Å². The van der Waals surface area contributed by atoms with E-state index in [1.807, 2.05) is 6.21 Å². The standard InChI is InChI=1S/C15H23NOSi/c1-5-14(12-9-13-16-17-2)18(3,4)15-10-7-6-8-11-15/h5-8,10-11,13-14H,1,9,12H2,2-4H3/b16-13+. The van der Waals surface area contributed by atoms with Gasteiger partial charge in [-0.1, -0.05) is 59.8 Å². The third-order valence-corrected chi connectivity index (χ3v) is 7.72. The molecule has 0 radical (unpaired) electrons. The van der Waals surface area contributed by atoms with Crippen molar-refractivity contribution in [1.29, 1.82) is 0 Å². The first-order chi connectivity index (χ1) is 8.62. The number of oxime groups is 1. The van der Waals surface area contributed by atoms with Gasteiger partial charge in [-0.15, -0.1) is 6.58 Å². The Kier molecular flexibility index (Phi) is 5.85. The summed E-state index contributed by atoms with van der Waals surface area (Å²) in [7, 11) is 0.0840. The largest absolute Gasteiger partial charge is 0.399 e. The van der Waals surface area contributed by atoms with Crippen LogP contribution in [0.25, 0.3) is 0 Å². The van der Waals surface area contributed by atoms with Gasteiger partial charge >= 0.3 is 0 Å². The van der Waals surface area contributed by atoms with E-state index in [9.17, 15) is 0 Å². The first kappa shape index (κ1) is 14.7. The Hall–Kier alpha value is -1.35. The second-order valence-corrected chi connectivity index (χ2v) is 9.74. The van der Waals surface area contributed by atoms with Crippen LogP contribution in [0, 0.1) is 0 Å². The predicted molar refractivity (Wildman–Crippen MR) is 82.2 cm³/mol. The smallest absolute Gasteiger partial charge is 0.106 e. The van der Waals surface area contributed by atoms with Crippen LogP contribution in [-0.4, -0.2) is 21.4 Å². The molecule has 0 saturated heterocycles. The molecule has 1 unspecified atom stereocenters. The van der Waals surface area contributed by atoms with Crippen molar-refractivity contribution in [1.82, 2.24) is 0 Å². The van der Waals surface area contributed by atoms with Gasteiger partial charge in [-0.3, -0.25) is 0 Å². The average molecular weight is 261 g/mol. The summed E-state index contributed by atoms with van der Waals surface area (Å²) in [4.78, 5) is 4.68. The minimum atomic E-state index is -1.49. The monoisotopic (exact) mass is 261 g/mol. The van der Waals surface area contributed by atoms with Crippen LogP contribution in [0.5, 0.6) is 0 Å². The molecule has 0 aliphatic heterocycles. The van der Waals surface area contributed by atoms with Gasteiger partial charge in [0.05, 0.1) is 8.07 Å². The van der Waals surface area contributed by atoms with E-state index >= 15 is 0 Å². The zero-order valence-electron chi connectivity index (χ0n) is 11.6. The highest BCUT2D eigenvalue weighted by Crippen LogP contribution is 2.27. The Morgan fingerprint density at radius 2 is 2.00 bits per heavy atom. The summed E-state index contributed by atoms with van der Waals surface area (Å²) >= 11 is 0. The molecule has 3 heteroatoms. The number of nitrogens with zero attached hydrogens (tertiary/aromatic N) is 1. The highest BCUT2D eigenvalue weighted by atomic mass is 28.3. The van der Waals surface area contributed by atoms with Crippen LogP contribution >= 0.6 is 0 Å². The Bertz CT molecular complexity index is 387. The fourth-order valence-electron chi connectivity index (χ4n) is 2.24. The van der Waals surface area contributed by atoms with Crippen LogP contribution in [0.3, 0.4) is 0 Å². The Morgan fingerprint density at radius 1 is 1.33 bits per heavy atom. The van der Waals surface area contributed by atoms with Gasteiger partial charge in [-0.25, -0.2) is 0 Å². The lowest BCUT2D eigenvalue weighted by Gasteiger charge is -2.30. The molecule has 0 N–H and O–H groups in total. The van der Waals surface area contributed by atoms with Gasteiger partial charge < -0.3 is 4.84 Å². The summed E-state index contributed by atoms with van der Waals surface area (Å²) in [5.74, 6) is 0. The van der Waals surface area contributed by atoms with Crippen molar-refractivity contribution >= 4 is 19.5 Å². The summed E-state index contributed by atoms with van der Waals surface area (Å²) in [6.07, 6.45) is 5.98. The Morgan fingerprint density at radius 3 is 2.56 bits per heavy atom. The molecule has 0 fully saturated rings. The molecule has 0 spiro atoms. The lowest BCUT2D eigenvalue weighted by molar-refractivity contribution is 0.214. The van der Waals surface area contributed by atoms with Crippen LogP contribution in [-0.2, 0) is 4.84 Å². The van der Waals surface area contributed by atoms with Crippen molar-refractivity contribution in [3.8, 4) is 0 Å². The van der Waals surface area contributed by atoms with E-state index in [2.05, 4.69) is 66.1 Å². The third-order valence-electron chi connectivity index (χ3n) is 3.52. The van der Waals surface area contributed by atoms with Crippen molar-refractivity contribution in [2.24, 2.45) is 5.16 Å². The van der Waals surface area contributed by atoms with Crippen LogP contribution in [0.4, 0.5) is 0 Å². The molecule has 1 rings (SSSR count). The Balaban J connectivity index is 2.74. The zero-order chi connectivity index (χ0) is 13.4. The highest BCUT2D eigenvalue weighted by Gasteiger charge is 2.30. The van der Waals surface area contributed by atoms with E-state index in [-0.39, 0.29) is 0 Å². The first-order valence-electron chi connectivity index (χ1n) is 6.36. The number of benzene rings is 1. The molecule has 1 aromatic rings. The van der Waals surface area contributed by atoms with Crippen molar-refractivity contribution in [3.63, 3.8) is 0 Å². The predicted octanol–water partition coefficient (Wildman–Crippen LogP) is 3.57. The number of hydrogen-bond acceptors (Lipinski definition) is 2. The topological polar surface area (TPSA) is 21.6 Å². The van der Waals surface area contributed by atoms with E-state index in [0.29, 0.717) is 5.54 Å². The van der Waals surface area contributed by atoms with Gasteiger partial charge in [0.25, 0.3) is 0 Å². The number of hydrogen-bond donors (Lipinski definition) is 0. The Labute approximate surface area is 111 Å². The molecule has 0 aliphatic rings. The summed E-state index contributed by atoms with van der Waals surface area (Å²) in [5.41, 5.74) is 0.559. The molecule has 98 valence electrons. The fourth-order valence-corrected chi connectivity index (χ4v) is 5.19. The highest BCUT2D eigenvalue weighted by molar-refractivity contribution is 6.91. The molecule has 0 bridgehead atoms. The van der Waals surface area contributed by atoms with Gasteiger partial charge in [0.1, 0.15) is 7.11 Å². The fraction of sp³-hybridized carbons (Fsp3) is 0.400. The van der Waals surface area contributed by atoms with E-state index in [4.69, 9.17) is 0 Å². The molecule has 0 aliphatic carbocycles. The van der Waals surface area contributed by atoms with Crippen LogP contribution < -0.4 is 5.19 Å². The van der Waals surface area contributed by atoms with Crippen molar-refractivity contribution in [2.45, 2.75) is 31.5 Å². The van der Waals surface area contributed by atoms with Crippen molar-refractivity contribution in [3.05, 3.63) is 43.0 Å². The quantitative estimate of drug-likeness (QED) is 0.318. The van der Waals surface area contributed by atoms with Crippen molar-refractivity contribution < 1.29 is 4.84 Å². The van der Waals surface area contributed by atoms with Gasteiger partial charge in [-0.2, -0.15) is 0 Å². The summed E-state index contributed by atoms with van der Waals surface area (Å²) < 4.78 is 0. The first-order valence-corrected chi connectivity index (χ1v) is 9.43. The van der Waals surface area contributed by atoms with Gasteiger partial charge in [0, 0.05) is 6.21 Å². The molecule has 18 heavy (non-hydrogen) atoms. The third kappa shape index (κ3) is 3.84. The summed E-state index contributed by atoms with van der Waals surface area (Å²) in [5, 5.41) is 5.27. The number of allylic oxidation sites excluding steroid dienone is 1. The minimum Gasteiger partial charge on any atom is -0.399 e. The van der Waals surface area contributed by atoms with E-state index in [1.165, 1.54) is 5.19 Å². The molecule has 1 atom stereocenters. The molecule has 0 amide bonds. The average Bonchev–Trinajstić information content (AvgIpc) is 2.39. The second kappa shape index (κ2) is 7.16. The maximum atomic E-state index is 4.68. The molecule has 1 aromatic carbocycles. The van der Waals surface area contributed by atoms with Gasteiger partial charge in [-0.05, 0) is 18.4 Å². The van der Waals surface area contributed by atoms with Crippen LogP contribution in [0.2, 0.25) is 18.6 Å². The van der Waals surface area contributed by atoms with E-state index < -0.39 is 8.07 Å². The maximum Gasteiger partial charge on any atom is 0.106 e. The maximum absolute atomic E-state index is 4.68. The lowest BCUT2D eigenvalue weighted by atomic mass is 10.2. The number of rotatable bonds is 7. The normalized spacial score (nSPS) is 13.5. The minimum absolute atomic E-state index is 0.559. The molecule has 0 heterocycles. The molecular weight excluding hydrogens is 238 g/mol. The van der Waals surface area contributed by atoms with Gasteiger partial charge in [0.2, 0.25) is 0 Å². The zero-order valence-corrected chi connectivity index (χ0v) is 12.6. The van der Waals surface area contributed by atoms with Crippen molar-refractivity contribution in [2.75, 3.05) is 7.11 Å². The van der Waals surface area contributed by atoms with Crippen LogP contribution in [0.1, 0.15) is 12.8 Å². The molecular formula is C15H23NOSi. The van der Waals surface area contributed by atoms with E-state index in [1.54, 1.807) is 7.11 Å². The van der Waals surface area contributed by atoms with E-state index in [0.717, 1.165) is 12.8 Å². The molecule has 0 aromatic heterocycles. The summed E-state index contributed by atoms with van der Waals surface area (Å²) in [6.45, 7) is 8.82. The SMILES string of the molecule is C=CC(CC/C=N/OC)[Si](C)(C)c1ccccc1. The molecule has 0 saturated carbocycles.